The third-order valence-corrected chi connectivity index (χ3v) is 5.90. The molecule has 2 heterocycles. The number of nitrogens with two attached hydrogens (primary N) is 1. The Morgan fingerprint density at radius 1 is 1.05 bits per heavy atom. The number of methoxy groups -OCH3 is 1. The van der Waals surface area contributed by atoms with E-state index in [2.05, 4.69) is 4.98 Å². The van der Waals surface area contributed by atoms with Gasteiger partial charge in [-0.25, -0.2) is 9.67 Å². The number of nitrogen functional groups attached to an aromatic ring is 1. The van der Waals surface area contributed by atoms with E-state index in [-0.39, 0.29) is 18.6 Å². The number of hydrogen-bond acceptors (Lipinski definition) is 7. The van der Waals surface area contributed by atoms with Crippen molar-refractivity contribution in [3.05, 3.63) is 60.3 Å². The number of pyridine rings is 1. The molecule has 0 saturated carbocycles. The molecule has 0 spiro atoms. The van der Waals surface area contributed by atoms with Gasteiger partial charge in [0.1, 0.15) is 11.4 Å². The van der Waals surface area contributed by atoms with Crippen molar-refractivity contribution in [3.8, 4) is 28.1 Å². The molecule has 9 heteroatoms. The zero-order valence-electron chi connectivity index (χ0n) is 21.9. The van der Waals surface area contributed by atoms with Crippen LogP contribution in [0.2, 0.25) is 0 Å². The van der Waals surface area contributed by atoms with E-state index in [1.807, 2.05) is 36.4 Å². The molecule has 0 aliphatic carbocycles. The summed E-state index contributed by atoms with van der Waals surface area (Å²) in [5.41, 5.74) is 9.78. The molecule has 0 radical (unpaired) electrons. The van der Waals surface area contributed by atoms with E-state index in [1.54, 1.807) is 65.0 Å². The minimum Gasteiger partial charge on any atom is -0.496 e. The molecule has 0 fully saturated rings. The van der Waals surface area contributed by atoms with E-state index in [1.165, 1.54) is 4.90 Å². The van der Waals surface area contributed by atoms with Crippen molar-refractivity contribution in [2.45, 2.75) is 27.5 Å². The summed E-state index contributed by atoms with van der Waals surface area (Å²) in [4.78, 5) is 31.2. The first-order valence-corrected chi connectivity index (χ1v) is 11.8. The van der Waals surface area contributed by atoms with E-state index >= 15 is 0 Å². The molecule has 4 aromatic rings. The average Bonchev–Trinajstić information content (AvgIpc) is 3.24. The lowest BCUT2D eigenvalue weighted by Gasteiger charge is -2.16. The van der Waals surface area contributed by atoms with Gasteiger partial charge < -0.3 is 20.1 Å². The summed E-state index contributed by atoms with van der Waals surface area (Å²) in [6.07, 6.45) is 1.70. The SMILES string of the molecule is COc1ccccc1-c1nn(COC(=O)C(C)(C)C)c2ncc(-c3ccc(N)c(C(=O)N(C)C)c3)cc12. The largest absolute Gasteiger partial charge is 0.496 e. The highest BCUT2D eigenvalue weighted by Gasteiger charge is 2.24. The lowest BCUT2D eigenvalue weighted by molar-refractivity contribution is -0.157. The number of anilines is 1. The number of rotatable bonds is 6. The van der Waals surface area contributed by atoms with Crippen molar-refractivity contribution >= 4 is 28.6 Å². The summed E-state index contributed by atoms with van der Waals surface area (Å²) in [6, 6.07) is 14.8. The number of carbonyl (C=O) groups excluding carboxylic acids is 2. The van der Waals surface area contributed by atoms with Gasteiger partial charge in [0.05, 0.1) is 18.1 Å². The molecule has 0 aliphatic heterocycles. The zero-order chi connectivity index (χ0) is 26.9. The minimum absolute atomic E-state index is 0.0859. The first-order chi connectivity index (χ1) is 17.5. The zero-order valence-corrected chi connectivity index (χ0v) is 21.9. The van der Waals surface area contributed by atoms with Crippen LogP contribution in [0.15, 0.2) is 54.7 Å². The van der Waals surface area contributed by atoms with Crippen LogP contribution in [-0.2, 0) is 16.3 Å². The third-order valence-electron chi connectivity index (χ3n) is 5.90. The normalized spacial score (nSPS) is 11.4. The van der Waals surface area contributed by atoms with Crippen molar-refractivity contribution in [2.24, 2.45) is 5.41 Å². The maximum absolute atomic E-state index is 12.6. The quantitative estimate of drug-likeness (QED) is 0.303. The molecule has 0 aliphatic rings. The Kier molecular flexibility index (Phi) is 6.89. The fourth-order valence-electron chi connectivity index (χ4n) is 3.84. The Bertz CT molecular complexity index is 1480. The predicted octanol–water partition coefficient (Wildman–Crippen LogP) is 4.60. The number of hydrogen-bond donors (Lipinski definition) is 1. The Balaban J connectivity index is 1.86. The molecule has 1 amide bonds. The van der Waals surface area contributed by atoms with Crippen LogP contribution in [0.1, 0.15) is 31.1 Å². The number of amides is 1. The van der Waals surface area contributed by atoms with E-state index < -0.39 is 5.41 Å². The summed E-state index contributed by atoms with van der Waals surface area (Å²) < 4.78 is 12.7. The lowest BCUT2D eigenvalue weighted by Crippen LogP contribution is -2.24. The predicted molar refractivity (Wildman–Crippen MR) is 143 cm³/mol. The number of aromatic nitrogens is 3. The second-order valence-corrected chi connectivity index (χ2v) is 9.96. The number of esters is 1. The molecule has 0 saturated heterocycles. The smallest absolute Gasteiger partial charge is 0.313 e. The van der Waals surface area contributed by atoms with Gasteiger partial charge in [-0.3, -0.25) is 9.59 Å². The Hall–Kier alpha value is -4.40. The number of para-hydroxylation sites is 1. The van der Waals surface area contributed by atoms with Gasteiger partial charge >= 0.3 is 5.97 Å². The van der Waals surface area contributed by atoms with Crippen molar-refractivity contribution < 1.29 is 19.1 Å². The average molecular weight is 502 g/mol. The molecule has 2 aromatic carbocycles. The number of benzene rings is 2. The number of ether oxygens (including phenoxy) is 2. The van der Waals surface area contributed by atoms with Crippen LogP contribution in [0.5, 0.6) is 5.75 Å². The molecular formula is C28H31N5O4. The second-order valence-electron chi connectivity index (χ2n) is 9.96. The van der Waals surface area contributed by atoms with Gasteiger partial charge in [-0.1, -0.05) is 18.2 Å². The van der Waals surface area contributed by atoms with Crippen LogP contribution in [0, 0.1) is 5.41 Å². The van der Waals surface area contributed by atoms with Crippen molar-refractivity contribution in [1.29, 1.82) is 0 Å². The van der Waals surface area contributed by atoms with Crippen LogP contribution in [0.25, 0.3) is 33.4 Å². The molecule has 0 bridgehead atoms. The van der Waals surface area contributed by atoms with E-state index in [0.717, 1.165) is 22.1 Å². The van der Waals surface area contributed by atoms with Gasteiger partial charge in [-0.2, -0.15) is 5.10 Å². The molecule has 4 rings (SSSR count). The van der Waals surface area contributed by atoms with E-state index in [4.69, 9.17) is 20.3 Å². The molecular weight excluding hydrogens is 470 g/mol. The number of nitrogens with zero attached hydrogens (tertiary/aromatic N) is 4. The van der Waals surface area contributed by atoms with Crippen LogP contribution >= 0.6 is 0 Å². The third kappa shape index (κ3) is 5.11. The van der Waals surface area contributed by atoms with Gasteiger partial charge in [-0.05, 0) is 56.7 Å². The lowest BCUT2D eigenvalue weighted by atomic mass is 9.98. The number of carbonyl (C=O) groups is 2. The van der Waals surface area contributed by atoms with Crippen molar-refractivity contribution in [3.63, 3.8) is 0 Å². The van der Waals surface area contributed by atoms with Crippen LogP contribution in [-0.4, -0.2) is 52.7 Å². The number of fused-ring (bicyclic) bond motifs is 1. The van der Waals surface area contributed by atoms with Crippen molar-refractivity contribution in [2.75, 3.05) is 26.9 Å². The highest BCUT2D eigenvalue weighted by Crippen LogP contribution is 2.36. The molecule has 2 aromatic heterocycles. The summed E-state index contributed by atoms with van der Waals surface area (Å²) in [5.74, 6) is 0.126. The first kappa shape index (κ1) is 25.7. The van der Waals surface area contributed by atoms with Crippen LogP contribution < -0.4 is 10.5 Å². The Morgan fingerprint density at radius 2 is 1.78 bits per heavy atom. The summed E-state index contributed by atoms with van der Waals surface area (Å²) >= 11 is 0. The minimum atomic E-state index is -0.647. The monoisotopic (exact) mass is 501 g/mol. The molecule has 9 nitrogen and oxygen atoms in total. The van der Waals surface area contributed by atoms with E-state index in [0.29, 0.717) is 28.3 Å². The van der Waals surface area contributed by atoms with Gasteiger partial charge in [0.2, 0.25) is 0 Å². The Morgan fingerprint density at radius 3 is 2.46 bits per heavy atom. The molecule has 37 heavy (non-hydrogen) atoms. The summed E-state index contributed by atoms with van der Waals surface area (Å²) in [5, 5.41) is 5.50. The van der Waals surface area contributed by atoms with Gasteiger partial charge in [-0.15, -0.1) is 0 Å². The maximum Gasteiger partial charge on any atom is 0.313 e. The van der Waals surface area contributed by atoms with Gasteiger partial charge in [0.25, 0.3) is 5.91 Å². The molecule has 0 unspecified atom stereocenters. The van der Waals surface area contributed by atoms with Crippen molar-refractivity contribution in [1.82, 2.24) is 19.7 Å². The fraction of sp³-hybridized carbons (Fsp3) is 0.286. The fourth-order valence-corrected chi connectivity index (χ4v) is 3.84. The highest BCUT2D eigenvalue weighted by molar-refractivity contribution is 6.01. The second kappa shape index (κ2) is 9.93. The maximum atomic E-state index is 12.6. The molecule has 0 atom stereocenters. The first-order valence-electron chi connectivity index (χ1n) is 11.8. The highest BCUT2D eigenvalue weighted by atomic mass is 16.5. The summed E-state index contributed by atoms with van der Waals surface area (Å²) in [6.45, 7) is 5.30. The standard InChI is InChI=1S/C28H31N5O4/c1-28(2,3)27(35)37-16-33-25-21(24(31-33)19-9-7-8-10-23(19)36-6)14-18(15-30-25)17-11-12-22(29)20(13-17)26(34)32(4)5/h7-15H,16,29H2,1-6H3. The summed E-state index contributed by atoms with van der Waals surface area (Å²) in [7, 11) is 4.97. The topological polar surface area (TPSA) is 113 Å². The molecule has 192 valence electrons. The van der Waals surface area contributed by atoms with Crippen LogP contribution in [0.3, 0.4) is 0 Å². The molecule has 2 N–H and O–H groups in total. The van der Waals surface area contributed by atoms with Crippen LogP contribution in [0.4, 0.5) is 5.69 Å². The Labute approximate surface area is 215 Å². The van der Waals surface area contributed by atoms with Gasteiger partial charge in [0.15, 0.2) is 12.4 Å². The van der Waals surface area contributed by atoms with Gasteiger partial charge in [0, 0.05) is 42.5 Å². The van der Waals surface area contributed by atoms with E-state index in [9.17, 15) is 9.59 Å².